The number of fused-ring (bicyclic) bond motifs is 3. The van der Waals surface area contributed by atoms with Crippen LogP contribution in [0.4, 0.5) is 4.79 Å². The summed E-state index contributed by atoms with van der Waals surface area (Å²) >= 11 is 0. The van der Waals surface area contributed by atoms with Crippen molar-refractivity contribution in [2.75, 3.05) is 13.2 Å². The first-order chi connectivity index (χ1) is 16.3. The predicted molar refractivity (Wildman–Crippen MR) is 119 cm³/mol. The van der Waals surface area contributed by atoms with Crippen molar-refractivity contribution < 1.29 is 33.8 Å². The Morgan fingerprint density at radius 3 is 2.26 bits per heavy atom. The van der Waals surface area contributed by atoms with E-state index < -0.39 is 54.8 Å². The lowest BCUT2D eigenvalue weighted by Gasteiger charge is -2.34. The van der Waals surface area contributed by atoms with Crippen molar-refractivity contribution in [3.8, 4) is 11.1 Å². The third-order valence-electron chi connectivity index (χ3n) is 6.02. The van der Waals surface area contributed by atoms with E-state index in [1.807, 2.05) is 48.5 Å². The maximum absolute atomic E-state index is 12.9. The van der Waals surface area contributed by atoms with Gasteiger partial charge in [0.1, 0.15) is 25.2 Å². The van der Waals surface area contributed by atoms with E-state index >= 15 is 0 Å². The molecule has 0 radical (unpaired) electrons. The molecule has 3 N–H and O–H groups in total. The van der Waals surface area contributed by atoms with Crippen LogP contribution in [-0.4, -0.2) is 65.0 Å². The lowest BCUT2D eigenvalue weighted by Crippen LogP contribution is -2.62. The summed E-state index contributed by atoms with van der Waals surface area (Å²) in [4.78, 5) is 61.3. The minimum absolute atomic E-state index is 0.0190. The van der Waals surface area contributed by atoms with E-state index in [2.05, 4.69) is 10.6 Å². The van der Waals surface area contributed by atoms with Gasteiger partial charge in [-0.2, -0.15) is 0 Å². The summed E-state index contributed by atoms with van der Waals surface area (Å²) in [6.45, 7) is 0.966. The molecular formula is C24H23N3O7. The molecule has 2 atom stereocenters. The van der Waals surface area contributed by atoms with Gasteiger partial charge in [0.25, 0.3) is 0 Å². The summed E-state index contributed by atoms with van der Waals surface area (Å²) in [5, 5.41) is 13.6. The summed E-state index contributed by atoms with van der Waals surface area (Å²) in [6.07, 6.45) is -1.70. The minimum Gasteiger partial charge on any atom is -0.481 e. The monoisotopic (exact) mass is 465 g/mol. The van der Waals surface area contributed by atoms with Crippen LogP contribution < -0.4 is 10.6 Å². The third kappa shape index (κ3) is 4.47. The first-order valence-corrected chi connectivity index (χ1v) is 10.7. The van der Waals surface area contributed by atoms with Gasteiger partial charge in [0.05, 0.1) is 6.42 Å². The molecule has 0 spiro atoms. The zero-order valence-electron chi connectivity index (χ0n) is 18.3. The molecule has 4 amide bonds. The Bertz CT molecular complexity index is 1130. The van der Waals surface area contributed by atoms with Crippen LogP contribution in [0, 0.1) is 0 Å². The molecule has 1 fully saturated rings. The Kier molecular flexibility index (Phi) is 6.31. The van der Waals surface area contributed by atoms with Crippen molar-refractivity contribution in [1.82, 2.24) is 15.5 Å². The van der Waals surface area contributed by atoms with Gasteiger partial charge in [-0.25, -0.2) is 4.79 Å². The van der Waals surface area contributed by atoms with Gasteiger partial charge in [0, 0.05) is 5.92 Å². The van der Waals surface area contributed by atoms with Gasteiger partial charge >= 0.3 is 12.1 Å². The topological polar surface area (TPSA) is 142 Å². The zero-order valence-corrected chi connectivity index (χ0v) is 18.3. The Labute approximate surface area is 194 Å². The molecule has 2 unspecified atom stereocenters. The molecule has 1 saturated heterocycles. The van der Waals surface area contributed by atoms with Crippen LogP contribution in [-0.2, 0) is 23.9 Å². The molecule has 1 aliphatic heterocycles. The number of aliphatic carboxylic acids is 1. The van der Waals surface area contributed by atoms with Crippen molar-refractivity contribution in [2.24, 2.45) is 0 Å². The highest BCUT2D eigenvalue weighted by molar-refractivity contribution is 6.05. The number of amides is 4. The number of nitrogens with zero attached hydrogens (tertiary/aromatic N) is 1. The van der Waals surface area contributed by atoms with Crippen LogP contribution in [0.5, 0.6) is 0 Å². The molecule has 1 aliphatic carbocycles. The molecule has 0 bridgehead atoms. The number of carboxylic acid groups (broad SMARTS) is 1. The number of nitrogens with one attached hydrogen (secondary N) is 2. The Balaban J connectivity index is 1.46. The molecule has 2 aliphatic rings. The Morgan fingerprint density at radius 1 is 1.09 bits per heavy atom. The second-order valence-corrected chi connectivity index (χ2v) is 8.17. The van der Waals surface area contributed by atoms with Gasteiger partial charge < -0.3 is 20.1 Å². The molecule has 2 aromatic rings. The summed E-state index contributed by atoms with van der Waals surface area (Å²) in [7, 11) is 0. The lowest BCUT2D eigenvalue weighted by atomic mass is 9.98. The van der Waals surface area contributed by atoms with Crippen molar-refractivity contribution in [3.05, 3.63) is 59.7 Å². The van der Waals surface area contributed by atoms with Crippen molar-refractivity contribution in [1.29, 1.82) is 0 Å². The van der Waals surface area contributed by atoms with Crippen molar-refractivity contribution in [3.63, 3.8) is 0 Å². The summed E-state index contributed by atoms with van der Waals surface area (Å²) in [6, 6.07) is 13.1. The Morgan fingerprint density at radius 2 is 1.68 bits per heavy atom. The molecule has 34 heavy (non-hydrogen) atoms. The van der Waals surface area contributed by atoms with Crippen LogP contribution in [0.15, 0.2) is 48.5 Å². The number of benzene rings is 2. The average molecular weight is 465 g/mol. The first kappa shape index (κ1) is 23.0. The predicted octanol–water partition coefficient (Wildman–Crippen LogP) is 1.24. The van der Waals surface area contributed by atoms with Crippen LogP contribution in [0.25, 0.3) is 11.1 Å². The number of hydrogen-bond donors (Lipinski definition) is 3. The molecular weight excluding hydrogens is 442 g/mol. The number of hydrogen-bond acceptors (Lipinski definition) is 6. The van der Waals surface area contributed by atoms with E-state index in [-0.39, 0.29) is 12.5 Å². The normalized spacial score (nSPS) is 17.9. The van der Waals surface area contributed by atoms with Crippen LogP contribution in [0.1, 0.15) is 30.4 Å². The minimum atomic E-state index is -1.51. The molecule has 0 aromatic heterocycles. The smallest absolute Gasteiger partial charge is 0.407 e. The number of imide groups is 1. The second kappa shape index (κ2) is 9.34. The molecule has 1 heterocycles. The van der Waals surface area contributed by atoms with Gasteiger partial charge in [0.15, 0.2) is 0 Å². The van der Waals surface area contributed by atoms with E-state index in [9.17, 15) is 29.1 Å². The van der Waals surface area contributed by atoms with Crippen molar-refractivity contribution in [2.45, 2.75) is 31.3 Å². The number of carbonyl (C=O) groups excluding carboxylic acids is 4. The van der Waals surface area contributed by atoms with E-state index in [0.717, 1.165) is 27.2 Å². The van der Waals surface area contributed by atoms with Gasteiger partial charge in [-0.3, -0.25) is 24.5 Å². The summed E-state index contributed by atoms with van der Waals surface area (Å²) in [5.41, 5.74) is 4.10. The molecule has 10 heteroatoms. The van der Waals surface area contributed by atoms with E-state index in [4.69, 9.17) is 4.74 Å². The first-order valence-electron chi connectivity index (χ1n) is 10.7. The molecule has 176 valence electrons. The quantitative estimate of drug-likeness (QED) is 0.545. The SMILES string of the molecule is CC1C(=O)NC(=O)CN1C(=O)C(CC(=O)O)NC(=O)OCC1c2ccccc2-c2ccccc21. The fourth-order valence-electron chi connectivity index (χ4n) is 4.34. The lowest BCUT2D eigenvalue weighted by molar-refractivity contribution is -0.151. The number of alkyl carbamates (subject to hydrolysis) is 1. The van der Waals surface area contributed by atoms with Gasteiger partial charge in [-0.15, -0.1) is 0 Å². The van der Waals surface area contributed by atoms with Crippen LogP contribution >= 0.6 is 0 Å². The number of carboxylic acids is 1. The fraction of sp³-hybridized carbons (Fsp3) is 0.292. The largest absolute Gasteiger partial charge is 0.481 e. The third-order valence-corrected chi connectivity index (χ3v) is 6.02. The number of ether oxygens (including phenoxy) is 1. The summed E-state index contributed by atoms with van der Waals surface area (Å²) in [5.74, 6) is -3.77. The molecule has 2 aromatic carbocycles. The fourth-order valence-corrected chi connectivity index (χ4v) is 4.34. The van der Waals surface area contributed by atoms with Gasteiger partial charge in [-0.05, 0) is 29.2 Å². The zero-order chi connectivity index (χ0) is 24.4. The van der Waals surface area contributed by atoms with Gasteiger partial charge in [0.2, 0.25) is 17.7 Å². The number of carbonyl (C=O) groups is 5. The van der Waals surface area contributed by atoms with Crippen LogP contribution in [0.3, 0.4) is 0 Å². The van der Waals surface area contributed by atoms with E-state index in [0.29, 0.717) is 0 Å². The van der Waals surface area contributed by atoms with Gasteiger partial charge in [-0.1, -0.05) is 48.5 Å². The highest BCUT2D eigenvalue weighted by Crippen LogP contribution is 2.44. The van der Waals surface area contributed by atoms with E-state index in [1.54, 1.807) is 0 Å². The van der Waals surface area contributed by atoms with Crippen molar-refractivity contribution >= 4 is 29.8 Å². The highest BCUT2D eigenvalue weighted by Gasteiger charge is 2.38. The van der Waals surface area contributed by atoms with E-state index in [1.165, 1.54) is 6.92 Å². The maximum atomic E-state index is 12.9. The highest BCUT2D eigenvalue weighted by atomic mass is 16.5. The summed E-state index contributed by atoms with van der Waals surface area (Å²) < 4.78 is 5.40. The average Bonchev–Trinajstić information content (AvgIpc) is 3.12. The molecule has 10 nitrogen and oxygen atoms in total. The molecule has 0 saturated carbocycles. The molecule has 4 rings (SSSR count). The Hall–Kier alpha value is -4.21. The van der Waals surface area contributed by atoms with Crippen LogP contribution in [0.2, 0.25) is 0 Å². The number of rotatable bonds is 6. The second-order valence-electron chi connectivity index (χ2n) is 8.17. The maximum Gasteiger partial charge on any atom is 0.407 e. The number of piperazine rings is 1. The standard InChI is InChI=1S/C24H23N3O7/c1-13-22(31)26-20(28)11-27(13)23(32)19(10-21(29)30)25-24(33)34-12-18-16-8-4-2-6-14(16)15-7-3-5-9-17(15)18/h2-9,13,18-19H,10-12H2,1H3,(H,25,33)(H,29,30)(H,26,28,31).